The highest BCUT2D eigenvalue weighted by Gasteiger charge is 2.01. The Hall–Kier alpha value is -0.310. The van der Waals surface area contributed by atoms with Gasteiger partial charge in [0.15, 0.2) is 0 Å². The highest BCUT2D eigenvalue weighted by atomic mass is 79.9. The van der Waals surface area contributed by atoms with Crippen LogP contribution in [0.5, 0.6) is 0 Å². The molecule has 0 aliphatic carbocycles. The third-order valence-corrected chi connectivity index (χ3v) is 3.44. The molecular formula is C14H19BrClN. The van der Waals surface area contributed by atoms with Gasteiger partial charge in [0.1, 0.15) is 0 Å². The van der Waals surface area contributed by atoms with Gasteiger partial charge < -0.3 is 5.32 Å². The first-order chi connectivity index (χ1) is 8.02. The summed E-state index contributed by atoms with van der Waals surface area (Å²) < 4.78 is 1.04. The van der Waals surface area contributed by atoms with Crippen LogP contribution < -0.4 is 5.32 Å². The molecule has 0 saturated carbocycles. The molecule has 3 heteroatoms. The van der Waals surface area contributed by atoms with E-state index in [0.717, 1.165) is 22.5 Å². The lowest BCUT2D eigenvalue weighted by molar-refractivity contribution is 0.617. The van der Waals surface area contributed by atoms with Gasteiger partial charge in [0.05, 0.1) is 0 Å². The zero-order valence-electron chi connectivity index (χ0n) is 10.6. The Labute approximate surface area is 117 Å². The summed E-state index contributed by atoms with van der Waals surface area (Å²) in [4.78, 5) is 0. The van der Waals surface area contributed by atoms with Gasteiger partial charge in [-0.1, -0.05) is 66.0 Å². The Kier molecular flexibility index (Phi) is 6.24. The maximum Gasteiger partial charge on any atom is 0.0417 e. The Morgan fingerprint density at radius 3 is 2.71 bits per heavy atom. The molecule has 1 aromatic carbocycles. The summed E-state index contributed by atoms with van der Waals surface area (Å²) in [5.74, 6) is 0. The van der Waals surface area contributed by atoms with Crippen LogP contribution in [0.15, 0.2) is 28.2 Å². The molecule has 1 rings (SSSR count). The van der Waals surface area contributed by atoms with Crippen molar-refractivity contribution in [3.63, 3.8) is 0 Å². The predicted molar refractivity (Wildman–Crippen MR) is 80.6 cm³/mol. The molecule has 0 unspecified atom stereocenters. The standard InChI is InChI=1S/C14H19BrClN/c1-4-11(9-17-10(2)3)7-12-5-6-13(16)8-14(12)15/h5-8,10,17H,4,9H2,1-3H3/b11-7-. The third kappa shape index (κ3) is 5.24. The minimum absolute atomic E-state index is 0.513. The second-order valence-corrected chi connectivity index (χ2v) is 5.65. The summed E-state index contributed by atoms with van der Waals surface area (Å²) in [6.07, 6.45) is 3.27. The molecule has 17 heavy (non-hydrogen) atoms. The molecule has 0 aromatic heterocycles. The molecule has 0 atom stereocenters. The topological polar surface area (TPSA) is 12.0 Å². The van der Waals surface area contributed by atoms with E-state index in [1.807, 2.05) is 18.2 Å². The van der Waals surface area contributed by atoms with Crippen LogP contribution in [-0.2, 0) is 0 Å². The maximum absolute atomic E-state index is 5.93. The lowest BCUT2D eigenvalue weighted by Crippen LogP contribution is -2.24. The third-order valence-electron chi connectivity index (χ3n) is 2.51. The highest BCUT2D eigenvalue weighted by Crippen LogP contribution is 2.24. The Balaban J connectivity index is 2.82. The monoisotopic (exact) mass is 315 g/mol. The lowest BCUT2D eigenvalue weighted by Gasteiger charge is -2.11. The van der Waals surface area contributed by atoms with Crippen LogP contribution in [0.1, 0.15) is 32.8 Å². The van der Waals surface area contributed by atoms with Crippen LogP contribution in [0.2, 0.25) is 5.02 Å². The van der Waals surface area contributed by atoms with Crippen molar-refractivity contribution in [1.29, 1.82) is 0 Å². The quantitative estimate of drug-likeness (QED) is 0.815. The SMILES string of the molecule is CC/C(=C/c1ccc(Cl)cc1Br)CNC(C)C. The Bertz CT molecular complexity index is 399. The van der Waals surface area contributed by atoms with Crippen molar-refractivity contribution in [1.82, 2.24) is 5.32 Å². The Morgan fingerprint density at radius 1 is 1.47 bits per heavy atom. The largest absolute Gasteiger partial charge is 0.311 e. The van der Waals surface area contributed by atoms with Crippen molar-refractivity contribution in [2.45, 2.75) is 33.2 Å². The van der Waals surface area contributed by atoms with Gasteiger partial charge in [-0.15, -0.1) is 0 Å². The van der Waals surface area contributed by atoms with E-state index in [2.05, 4.69) is 48.1 Å². The van der Waals surface area contributed by atoms with Crippen molar-refractivity contribution in [2.24, 2.45) is 0 Å². The zero-order chi connectivity index (χ0) is 12.8. The van der Waals surface area contributed by atoms with Crippen molar-refractivity contribution >= 4 is 33.6 Å². The minimum atomic E-state index is 0.513. The maximum atomic E-state index is 5.93. The van der Waals surface area contributed by atoms with Crippen LogP contribution in [0.3, 0.4) is 0 Å². The van der Waals surface area contributed by atoms with Gasteiger partial charge >= 0.3 is 0 Å². The first-order valence-electron chi connectivity index (χ1n) is 5.90. The first-order valence-corrected chi connectivity index (χ1v) is 7.08. The smallest absolute Gasteiger partial charge is 0.0417 e. The van der Waals surface area contributed by atoms with Crippen molar-refractivity contribution in [3.05, 3.63) is 38.8 Å². The van der Waals surface area contributed by atoms with Crippen LogP contribution in [0, 0.1) is 0 Å². The first kappa shape index (κ1) is 14.7. The van der Waals surface area contributed by atoms with Crippen LogP contribution in [0.25, 0.3) is 6.08 Å². The van der Waals surface area contributed by atoms with E-state index in [9.17, 15) is 0 Å². The molecule has 0 saturated heterocycles. The fourth-order valence-corrected chi connectivity index (χ4v) is 2.25. The molecule has 0 amide bonds. The van der Waals surface area contributed by atoms with E-state index in [0.29, 0.717) is 6.04 Å². The molecule has 0 heterocycles. The van der Waals surface area contributed by atoms with E-state index in [-0.39, 0.29) is 0 Å². The summed E-state index contributed by atoms with van der Waals surface area (Å²) in [7, 11) is 0. The van der Waals surface area contributed by atoms with Crippen molar-refractivity contribution in [3.8, 4) is 0 Å². The van der Waals surface area contributed by atoms with Gasteiger partial charge in [0, 0.05) is 22.1 Å². The molecule has 94 valence electrons. The van der Waals surface area contributed by atoms with E-state index >= 15 is 0 Å². The van der Waals surface area contributed by atoms with Gasteiger partial charge in [0.2, 0.25) is 0 Å². The fourth-order valence-electron chi connectivity index (χ4n) is 1.45. The molecule has 0 spiro atoms. The molecule has 0 aliphatic heterocycles. The second kappa shape index (κ2) is 7.20. The zero-order valence-corrected chi connectivity index (χ0v) is 12.9. The molecule has 0 bridgehead atoms. The molecule has 0 fully saturated rings. The normalized spacial score (nSPS) is 12.2. The van der Waals surface area contributed by atoms with Gasteiger partial charge in [0.25, 0.3) is 0 Å². The Morgan fingerprint density at radius 2 is 2.18 bits per heavy atom. The summed E-state index contributed by atoms with van der Waals surface area (Å²) in [5, 5.41) is 4.19. The number of benzene rings is 1. The number of nitrogens with one attached hydrogen (secondary N) is 1. The van der Waals surface area contributed by atoms with E-state index in [1.54, 1.807) is 0 Å². The average Bonchev–Trinajstić information content (AvgIpc) is 2.26. The molecule has 0 aliphatic rings. The number of halogens is 2. The van der Waals surface area contributed by atoms with Gasteiger partial charge in [-0.3, -0.25) is 0 Å². The molecule has 1 nitrogen and oxygen atoms in total. The number of hydrogen-bond acceptors (Lipinski definition) is 1. The van der Waals surface area contributed by atoms with Crippen molar-refractivity contribution in [2.75, 3.05) is 6.54 Å². The molecule has 1 aromatic rings. The number of rotatable bonds is 5. The van der Waals surface area contributed by atoms with E-state index < -0.39 is 0 Å². The van der Waals surface area contributed by atoms with E-state index in [1.165, 1.54) is 11.1 Å². The summed E-state index contributed by atoms with van der Waals surface area (Å²) >= 11 is 9.46. The predicted octanol–water partition coefficient (Wildman–Crippen LogP) is 4.89. The molecule has 1 N–H and O–H groups in total. The summed E-state index contributed by atoms with van der Waals surface area (Å²) in [5.41, 5.74) is 2.57. The van der Waals surface area contributed by atoms with Crippen LogP contribution >= 0.6 is 27.5 Å². The highest BCUT2D eigenvalue weighted by molar-refractivity contribution is 9.10. The van der Waals surface area contributed by atoms with Gasteiger partial charge in [-0.05, 0) is 24.1 Å². The average molecular weight is 317 g/mol. The summed E-state index contributed by atoms with van der Waals surface area (Å²) in [6.45, 7) is 7.43. The number of hydrogen-bond donors (Lipinski definition) is 1. The van der Waals surface area contributed by atoms with Crippen LogP contribution in [0.4, 0.5) is 0 Å². The lowest BCUT2D eigenvalue weighted by atomic mass is 10.1. The summed E-state index contributed by atoms with van der Waals surface area (Å²) in [6, 6.07) is 6.40. The second-order valence-electron chi connectivity index (χ2n) is 4.36. The van der Waals surface area contributed by atoms with Gasteiger partial charge in [-0.25, -0.2) is 0 Å². The minimum Gasteiger partial charge on any atom is -0.311 e. The van der Waals surface area contributed by atoms with E-state index in [4.69, 9.17) is 11.6 Å². The van der Waals surface area contributed by atoms with Crippen LogP contribution in [-0.4, -0.2) is 12.6 Å². The molecular weight excluding hydrogens is 298 g/mol. The molecule has 0 radical (unpaired) electrons. The van der Waals surface area contributed by atoms with Crippen molar-refractivity contribution < 1.29 is 0 Å². The fraction of sp³-hybridized carbons (Fsp3) is 0.429. The van der Waals surface area contributed by atoms with Gasteiger partial charge in [-0.2, -0.15) is 0 Å².